The average Bonchev–Trinajstić information content (AvgIpc) is 3.09. The van der Waals surface area contributed by atoms with E-state index in [0.717, 1.165) is 28.8 Å². The van der Waals surface area contributed by atoms with Gasteiger partial charge in [0.05, 0.1) is 11.1 Å². The Labute approximate surface area is 130 Å². The lowest BCUT2D eigenvalue weighted by atomic mass is 10.3. The van der Waals surface area contributed by atoms with E-state index in [1.54, 1.807) is 16.8 Å². The zero-order chi connectivity index (χ0) is 15.3. The molecule has 2 aromatic heterocycles. The number of aryl methyl sites for hydroxylation is 1. The number of aromatic nitrogens is 3. The highest BCUT2D eigenvalue weighted by Gasteiger charge is 2.26. The molecule has 2 N–H and O–H groups in total. The maximum Gasteiger partial charge on any atom is 0.290 e. The Morgan fingerprint density at radius 3 is 2.95 bits per heavy atom. The first-order valence-corrected chi connectivity index (χ1v) is 7.78. The molecule has 0 unspecified atom stereocenters. The van der Waals surface area contributed by atoms with Crippen LogP contribution in [0, 0.1) is 6.92 Å². The number of thioether (sulfide) groups is 1. The first kappa shape index (κ1) is 13.3. The van der Waals surface area contributed by atoms with E-state index in [-0.39, 0.29) is 11.1 Å². The third kappa shape index (κ3) is 2.35. The molecule has 4 rings (SSSR count). The van der Waals surface area contributed by atoms with Crippen LogP contribution in [-0.4, -0.2) is 31.8 Å². The molecule has 0 bridgehead atoms. The molecule has 1 saturated carbocycles. The van der Waals surface area contributed by atoms with Gasteiger partial charge in [0, 0.05) is 23.4 Å². The van der Waals surface area contributed by atoms with Crippen molar-refractivity contribution in [3.8, 4) is 0 Å². The summed E-state index contributed by atoms with van der Waals surface area (Å²) < 4.78 is 1.73. The van der Waals surface area contributed by atoms with Crippen LogP contribution < -0.4 is 10.6 Å². The Bertz CT molecular complexity index is 837. The van der Waals surface area contributed by atoms with Gasteiger partial charge >= 0.3 is 0 Å². The molecule has 2 aromatic rings. The number of hydrogen-bond acceptors (Lipinski definition) is 6. The molecule has 0 radical (unpaired) electrons. The minimum atomic E-state index is -0.377. The molecule has 0 aromatic carbocycles. The van der Waals surface area contributed by atoms with Gasteiger partial charge in [-0.05, 0) is 37.6 Å². The third-order valence-electron chi connectivity index (χ3n) is 3.49. The van der Waals surface area contributed by atoms with Crippen molar-refractivity contribution >= 4 is 40.4 Å². The van der Waals surface area contributed by atoms with Crippen LogP contribution in [0.3, 0.4) is 0 Å². The first-order valence-electron chi connectivity index (χ1n) is 6.97. The molecule has 2 amide bonds. The summed E-state index contributed by atoms with van der Waals surface area (Å²) >= 11 is 0.891. The van der Waals surface area contributed by atoms with Crippen molar-refractivity contribution in [2.24, 2.45) is 0 Å². The van der Waals surface area contributed by atoms with E-state index >= 15 is 0 Å². The monoisotopic (exact) mass is 315 g/mol. The summed E-state index contributed by atoms with van der Waals surface area (Å²) in [6, 6.07) is 2.46. The SMILES string of the molecule is Cc1cc(NC2CC2)n2ncc(/C=C3\SC(=O)NC3=O)c2n1. The molecule has 1 aliphatic carbocycles. The van der Waals surface area contributed by atoms with E-state index in [4.69, 9.17) is 0 Å². The van der Waals surface area contributed by atoms with Crippen molar-refractivity contribution < 1.29 is 9.59 Å². The standard InChI is InChI=1S/C14H13N5O2S/c1-7-4-11(17-9-2-3-9)19-12(16-7)8(6-15-19)5-10-13(20)18-14(21)22-10/h4-6,9,17H,2-3H2,1H3,(H,18,20,21)/b10-5-. The molecular formula is C14H13N5O2S. The molecule has 1 aliphatic heterocycles. The lowest BCUT2D eigenvalue weighted by molar-refractivity contribution is -0.115. The summed E-state index contributed by atoms with van der Waals surface area (Å²) in [5, 5.41) is 9.66. The number of fused-ring (bicyclic) bond motifs is 1. The second kappa shape index (κ2) is 4.84. The predicted molar refractivity (Wildman–Crippen MR) is 83.5 cm³/mol. The summed E-state index contributed by atoms with van der Waals surface area (Å²) in [4.78, 5) is 27.8. The smallest absolute Gasteiger partial charge is 0.290 e. The number of carbonyl (C=O) groups excluding carboxylic acids is 2. The van der Waals surface area contributed by atoms with Gasteiger partial charge in [0.25, 0.3) is 11.1 Å². The van der Waals surface area contributed by atoms with Gasteiger partial charge in [-0.25, -0.2) is 4.98 Å². The zero-order valence-electron chi connectivity index (χ0n) is 11.8. The highest BCUT2D eigenvalue weighted by atomic mass is 32.2. The van der Waals surface area contributed by atoms with Gasteiger partial charge in [0.1, 0.15) is 5.82 Å². The van der Waals surface area contributed by atoms with Gasteiger partial charge in [0.2, 0.25) is 0 Å². The quantitative estimate of drug-likeness (QED) is 0.842. The number of amides is 2. The van der Waals surface area contributed by atoms with E-state index in [0.29, 0.717) is 16.6 Å². The van der Waals surface area contributed by atoms with E-state index in [1.807, 2.05) is 13.0 Å². The molecule has 2 aliphatic rings. The van der Waals surface area contributed by atoms with Gasteiger partial charge in [0.15, 0.2) is 5.65 Å². The minimum absolute atomic E-state index is 0.354. The summed E-state index contributed by atoms with van der Waals surface area (Å²) in [5.74, 6) is 0.521. The Hall–Kier alpha value is -2.35. The van der Waals surface area contributed by atoms with Crippen LogP contribution in [0.25, 0.3) is 11.7 Å². The van der Waals surface area contributed by atoms with Crippen LogP contribution in [0.1, 0.15) is 24.1 Å². The fraction of sp³-hybridized carbons (Fsp3) is 0.286. The largest absolute Gasteiger partial charge is 0.367 e. The zero-order valence-corrected chi connectivity index (χ0v) is 12.6. The molecule has 2 fully saturated rings. The molecule has 0 atom stereocenters. The van der Waals surface area contributed by atoms with Crippen molar-refractivity contribution in [3.63, 3.8) is 0 Å². The summed E-state index contributed by atoms with van der Waals surface area (Å²) in [5.41, 5.74) is 2.26. The van der Waals surface area contributed by atoms with Gasteiger partial charge in [-0.15, -0.1) is 0 Å². The molecule has 112 valence electrons. The van der Waals surface area contributed by atoms with Crippen LogP contribution in [0.4, 0.5) is 10.6 Å². The first-order chi connectivity index (χ1) is 10.6. The van der Waals surface area contributed by atoms with Crippen molar-refractivity contribution in [3.05, 3.63) is 28.4 Å². The normalized spacial score (nSPS) is 20.0. The number of anilines is 1. The highest BCUT2D eigenvalue weighted by molar-refractivity contribution is 8.18. The molecule has 3 heterocycles. The van der Waals surface area contributed by atoms with Gasteiger partial charge < -0.3 is 5.32 Å². The molecule has 1 saturated heterocycles. The van der Waals surface area contributed by atoms with Crippen LogP contribution in [0.15, 0.2) is 17.2 Å². The number of nitrogens with zero attached hydrogens (tertiary/aromatic N) is 3. The van der Waals surface area contributed by atoms with Crippen LogP contribution in [0.2, 0.25) is 0 Å². The van der Waals surface area contributed by atoms with Gasteiger partial charge in [-0.3, -0.25) is 14.9 Å². The van der Waals surface area contributed by atoms with Crippen LogP contribution >= 0.6 is 11.8 Å². The van der Waals surface area contributed by atoms with Crippen molar-refractivity contribution in [1.29, 1.82) is 0 Å². The third-order valence-corrected chi connectivity index (χ3v) is 4.30. The number of nitrogens with one attached hydrogen (secondary N) is 2. The maximum atomic E-state index is 11.7. The van der Waals surface area contributed by atoms with Crippen molar-refractivity contribution in [2.75, 3.05) is 5.32 Å². The fourth-order valence-electron chi connectivity index (χ4n) is 2.30. The van der Waals surface area contributed by atoms with Crippen LogP contribution in [0.5, 0.6) is 0 Å². The second-order valence-corrected chi connectivity index (χ2v) is 6.40. The Morgan fingerprint density at radius 1 is 1.45 bits per heavy atom. The average molecular weight is 315 g/mol. The Kier molecular flexibility index (Phi) is 2.93. The summed E-state index contributed by atoms with van der Waals surface area (Å²) in [6.45, 7) is 1.92. The lowest BCUT2D eigenvalue weighted by Gasteiger charge is -2.08. The van der Waals surface area contributed by atoms with E-state index < -0.39 is 0 Å². The minimum Gasteiger partial charge on any atom is -0.367 e. The molecule has 0 spiro atoms. The molecule has 22 heavy (non-hydrogen) atoms. The second-order valence-electron chi connectivity index (χ2n) is 5.39. The van der Waals surface area contributed by atoms with E-state index in [2.05, 4.69) is 20.7 Å². The molecular weight excluding hydrogens is 302 g/mol. The number of rotatable bonds is 3. The predicted octanol–water partition coefficient (Wildman–Crippen LogP) is 1.94. The highest BCUT2D eigenvalue weighted by Crippen LogP contribution is 2.28. The lowest BCUT2D eigenvalue weighted by Crippen LogP contribution is -2.17. The van der Waals surface area contributed by atoms with Gasteiger partial charge in [-0.1, -0.05) is 0 Å². The van der Waals surface area contributed by atoms with E-state index in [9.17, 15) is 9.59 Å². The molecule has 8 heteroatoms. The van der Waals surface area contributed by atoms with Gasteiger partial charge in [-0.2, -0.15) is 9.61 Å². The topological polar surface area (TPSA) is 88.4 Å². The summed E-state index contributed by atoms with van der Waals surface area (Å²) in [6.07, 6.45) is 5.64. The molecule has 7 nitrogen and oxygen atoms in total. The fourth-order valence-corrected chi connectivity index (χ4v) is 2.98. The number of hydrogen-bond donors (Lipinski definition) is 2. The number of imide groups is 1. The van der Waals surface area contributed by atoms with Crippen LogP contribution in [-0.2, 0) is 4.79 Å². The summed E-state index contributed by atoms with van der Waals surface area (Å²) in [7, 11) is 0. The van der Waals surface area contributed by atoms with Crippen molar-refractivity contribution in [1.82, 2.24) is 19.9 Å². The Morgan fingerprint density at radius 2 is 2.27 bits per heavy atom. The van der Waals surface area contributed by atoms with E-state index in [1.165, 1.54) is 12.8 Å². The maximum absolute atomic E-state index is 11.7. The number of carbonyl (C=O) groups is 2. The Balaban J connectivity index is 1.79. The van der Waals surface area contributed by atoms with Crippen molar-refractivity contribution in [2.45, 2.75) is 25.8 Å².